The maximum atomic E-state index is 5.75. The molecule has 1 aliphatic carbocycles. The summed E-state index contributed by atoms with van der Waals surface area (Å²) < 4.78 is 5.75. The molecule has 0 radical (unpaired) electrons. The highest BCUT2D eigenvalue weighted by atomic mass is 16.5. The standard InChI is InChI=1S/C19H31NO/c1-15(2)10-11-21-19-8-6-17(7-9-19)13-20-14-18-5-4-16(3)12-18/h6-9,15-16,18,20H,4-5,10-14H2,1-3H3. The molecule has 1 N–H and O–H groups in total. The van der Waals surface area contributed by atoms with Gasteiger partial charge in [-0.1, -0.05) is 39.3 Å². The Morgan fingerprint density at radius 3 is 2.57 bits per heavy atom. The Hall–Kier alpha value is -1.02. The molecule has 0 bridgehead atoms. The van der Waals surface area contributed by atoms with E-state index in [1.165, 1.54) is 24.8 Å². The fraction of sp³-hybridized carbons (Fsp3) is 0.684. The third-order valence-corrected chi connectivity index (χ3v) is 4.45. The fourth-order valence-corrected chi connectivity index (χ4v) is 3.05. The largest absolute Gasteiger partial charge is 0.494 e. The molecule has 2 heteroatoms. The Balaban J connectivity index is 1.65. The summed E-state index contributed by atoms with van der Waals surface area (Å²) in [5.74, 6) is 3.51. The highest BCUT2D eigenvalue weighted by Gasteiger charge is 2.20. The Morgan fingerprint density at radius 1 is 1.19 bits per heavy atom. The van der Waals surface area contributed by atoms with E-state index < -0.39 is 0 Å². The van der Waals surface area contributed by atoms with Crippen LogP contribution in [0.25, 0.3) is 0 Å². The van der Waals surface area contributed by atoms with Crippen LogP contribution in [0.15, 0.2) is 24.3 Å². The molecule has 2 rings (SSSR count). The van der Waals surface area contributed by atoms with Crippen LogP contribution in [0.2, 0.25) is 0 Å². The zero-order chi connectivity index (χ0) is 15.1. The summed E-state index contributed by atoms with van der Waals surface area (Å²) in [7, 11) is 0. The smallest absolute Gasteiger partial charge is 0.119 e. The normalized spacial score (nSPS) is 21.9. The van der Waals surface area contributed by atoms with Crippen molar-refractivity contribution in [3.63, 3.8) is 0 Å². The lowest BCUT2D eigenvalue weighted by atomic mass is 10.1. The molecule has 0 spiro atoms. The van der Waals surface area contributed by atoms with Crippen LogP contribution in [0, 0.1) is 17.8 Å². The molecular formula is C19H31NO. The second-order valence-electron chi connectivity index (χ2n) is 7.09. The number of hydrogen-bond acceptors (Lipinski definition) is 2. The van der Waals surface area contributed by atoms with E-state index in [9.17, 15) is 0 Å². The fourth-order valence-electron chi connectivity index (χ4n) is 3.05. The summed E-state index contributed by atoms with van der Waals surface area (Å²) in [5.41, 5.74) is 1.34. The topological polar surface area (TPSA) is 21.3 Å². The van der Waals surface area contributed by atoms with Crippen LogP contribution in [0.1, 0.15) is 52.0 Å². The van der Waals surface area contributed by atoms with E-state index in [0.29, 0.717) is 5.92 Å². The Morgan fingerprint density at radius 2 is 1.95 bits per heavy atom. The lowest BCUT2D eigenvalue weighted by molar-refractivity contribution is 0.289. The lowest BCUT2D eigenvalue weighted by Crippen LogP contribution is -2.20. The van der Waals surface area contributed by atoms with Gasteiger partial charge in [0.15, 0.2) is 0 Å². The molecule has 0 saturated heterocycles. The monoisotopic (exact) mass is 289 g/mol. The van der Waals surface area contributed by atoms with Crippen LogP contribution in [0.5, 0.6) is 5.75 Å². The maximum Gasteiger partial charge on any atom is 0.119 e. The Labute approximate surface area is 130 Å². The first-order chi connectivity index (χ1) is 10.1. The zero-order valence-corrected chi connectivity index (χ0v) is 13.9. The summed E-state index contributed by atoms with van der Waals surface area (Å²) in [5, 5.41) is 3.60. The molecule has 1 aromatic rings. The van der Waals surface area contributed by atoms with Gasteiger partial charge in [-0.15, -0.1) is 0 Å². The third kappa shape index (κ3) is 6.09. The van der Waals surface area contributed by atoms with Gasteiger partial charge in [0, 0.05) is 6.54 Å². The van der Waals surface area contributed by atoms with Crippen molar-refractivity contribution in [2.45, 2.75) is 53.0 Å². The first-order valence-corrected chi connectivity index (χ1v) is 8.56. The molecule has 1 fully saturated rings. The Bertz CT molecular complexity index is 399. The minimum atomic E-state index is 0.701. The van der Waals surface area contributed by atoms with Crippen molar-refractivity contribution in [1.82, 2.24) is 5.32 Å². The summed E-state index contributed by atoms with van der Waals surface area (Å²) in [6.45, 7) is 9.77. The quantitative estimate of drug-likeness (QED) is 0.753. The number of hydrogen-bond donors (Lipinski definition) is 1. The summed E-state index contributed by atoms with van der Waals surface area (Å²) in [6, 6.07) is 8.54. The van der Waals surface area contributed by atoms with Crippen molar-refractivity contribution in [3.05, 3.63) is 29.8 Å². The van der Waals surface area contributed by atoms with Gasteiger partial charge in [0.05, 0.1) is 6.61 Å². The molecule has 21 heavy (non-hydrogen) atoms. The summed E-state index contributed by atoms with van der Waals surface area (Å²) in [4.78, 5) is 0. The zero-order valence-electron chi connectivity index (χ0n) is 13.9. The van der Waals surface area contributed by atoms with E-state index in [4.69, 9.17) is 4.74 Å². The first-order valence-electron chi connectivity index (χ1n) is 8.56. The number of rotatable bonds is 8. The number of nitrogens with one attached hydrogen (secondary N) is 1. The van der Waals surface area contributed by atoms with E-state index >= 15 is 0 Å². The predicted octanol–water partition coefficient (Wildman–Crippen LogP) is 4.64. The minimum absolute atomic E-state index is 0.701. The van der Waals surface area contributed by atoms with E-state index in [1.54, 1.807) is 0 Å². The van der Waals surface area contributed by atoms with E-state index in [2.05, 4.69) is 50.4 Å². The van der Waals surface area contributed by atoms with Gasteiger partial charge in [-0.3, -0.25) is 0 Å². The van der Waals surface area contributed by atoms with E-state index in [0.717, 1.165) is 43.7 Å². The highest BCUT2D eigenvalue weighted by molar-refractivity contribution is 5.27. The predicted molar refractivity (Wildman–Crippen MR) is 89.6 cm³/mol. The second-order valence-corrected chi connectivity index (χ2v) is 7.09. The molecule has 2 nitrogen and oxygen atoms in total. The minimum Gasteiger partial charge on any atom is -0.494 e. The average molecular weight is 289 g/mol. The molecule has 1 saturated carbocycles. The number of benzene rings is 1. The van der Waals surface area contributed by atoms with Crippen molar-refractivity contribution < 1.29 is 4.74 Å². The second kappa shape index (κ2) is 8.43. The molecule has 1 aliphatic rings. The van der Waals surface area contributed by atoms with Gasteiger partial charge in [-0.05, 0) is 61.3 Å². The lowest BCUT2D eigenvalue weighted by Gasteiger charge is -2.12. The van der Waals surface area contributed by atoms with Crippen LogP contribution >= 0.6 is 0 Å². The van der Waals surface area contributed by atoms with Crippen LogP contribution < -0.4 is 10.1 Å². The molecule has 0 heterocycles. The molecule has 0 aromatic heterocycles. The SMILES string of the molecule is CC(C)CCOc1ccc(CNCC2CCC(C)C2)cc1. The van der Waals surface area contributed by atoms with Gasteiger partial charge < -0.3 is 10.1 Å². The molecule has 0 aliphatic heterocycles. The summed E-state index contributed by atoms with van der Waals surface area (Å²) >= 11 is 0. The van der Waals surface area contributed by atoms with E-state index in [1.807, 2.05) is 0 Å². The van der Waals surface area contributed by atoms with Gasteiger partial charge in [-0.25, -0.2) is 0 Å². The van der Waals surface area contributed by atoms with Crippen molar-refractivity contribution in [2.24, 2.45) is 17.8 Å². The maximum absolute atomic E-state index is 5.75. The molecule has 2 unspecified atom stereocenters. The molecular weight excluding hydrogens is 258 g/mol. The van der Waals surface area contributed by atoms with Crippen molar-refractivity contribution in [1.29, 1.82) is 0 Å². The van der Waals surface area contributed by atoms with Crippen LogP contribution in [-0.4, -0.2) is 13.2 Å². The average Bonchev–Trinajstić information content (AvgIpc) is 2.86. The van der Waals surface area contributed by atoms with Crippen molar-refractivity contribution >= 4 is 0 Å². The molecule has 0 amide bonds. The van der Waals surface area contributed by atoms with Crippen LogP contribution in [0.4, 0.5) is 0 Å². The molecule has 1 aromatic carbocycles. The van der Waals surface area contributed by atoms with E-state index in [-0.39, 0.29) is 0 Å². The van der Waals surface area contributed by atoms with Gasteiger partial charge in [0.1, 0.15) is 5.75 Å². The molecule has 118 valence electrons. The summed E-state index contributed by atoms with van der Waals surface area (Å²) in [6.07, 6.45) is 5.32. The van der Waals surface area contributed by atoms with Crippen LogP contribution in [-0.2, 0) is 6.54 Å². The van der Waals surface area contributed by atoms with Crippen LogP contribution in [0.3, 0.4) is 0 Å². The highest BCUT2D eigenvalue weighted by Crippen LogP contribution is 2.29. The van der Waals surface area contributed by atoms with Gasteiger partial charge in [-0.2, -0.15) is 0 Å². The molecule has 2 atom stereocenters. The van der Waals surface area contributed by atoms with Gasteiger partial charge >= 0.3 is 0 Å². The third-order valence-electron chi connectivity index (χ3n) is 4.45. The van der Waals surface area contributed by atoms with Crippen molar-refractivity contribution in [3.8, 4) is 5.75 Å². The Kier molecular flexibility index (Phi) is 6.56. The first kappa shape index (κ1) is 16.4. The number of ether oxygens (including phenoxy) is 1. The van der Waals surface area contributed by atoms with Gasteiger partial charge in [0.25, 0.3) is 0 Å². The van der Waals surface area contributed by atoms with Gasteiger partial charge in [0.2, 0.25) is 0 Å². The van der Waals surface area contributed by atoms with Crippen molar-refractivity contribution in [2.75, 3.05) is 13.2 Å².